The third kappa shape index (κ3) is 2.71. The lowest BCUT2D eigenvalue weighted by molar-refractivity contribution is -0.949. The minimum Gasteiger partial charge on any atom is -0.323 e. The lowest BCUT2D eigenvalue weighted by atomic mass is 9.95. The van der Waals surface area contributed by atoms with Crippen molar-refractivity contribution in [1.82, 2.24) is 9.38 Å². The number of hydrogen-bond acceptors (Lipinski definition) is 3. The van der Waals surface area contributed by atoms with Crippen LogP contribution in [-0.4, -0.2) is 15.9 Å². The molecule has 5 heteroatoms. The Morgan fingerprint density at radius 3 is 3.04 bits per heavy atom. The van der Waals surface area contributed by atoms with Crippen molar-refractivity contribution < 1.29 is 4.90 Å². The van der Waals surface area contributed by atoms with Gasteiger partial charge in [0.05, 0.1) is 6.54 Å². The summed E-state index contributed by atoms with van der Waals surface area (Å²) in [6.45, 7) is 3.98. The van der Waals surface area contributed by atoms with Crippen molar-refractivity contribution in [2.45, 2.75) is 38.8 Å². The van der Waals surface area contributed by atoms with Crippen LogP contribution in [0.1, 0.15) is 40.6 Å². The summed E-state index contributed by atoms with van der Waals surface area (Å²) in [7, 11) is 0. The summed E-state index contributed by atoms with van der Waals surface area (Å²) in [5, 5.41) is 2.24. The van der Waals surface area contributed by atoms with Gasteiger partial charge in [-0.15, -0.1) is 11.3 Å². The van der Waals surface area contributed by atoms with Gasteiger partial charge in [0.15, 0.2) is 0 Å². The first-order chi connectivity index (χ1) is 12.2. The summed E-state index contributed by atoms with van der Waals surface area (Å²) < 4.78 is 1.65. The van der Waals surface area contributed by atoms with Crippen molar-refractivity contribution in [3.05, 3.63) is 67.9 Å². The van der Waals surface area contributed by atoms with E-state index in [1.54, 1.807) is 25.8 Å². The van der Waals surface area contributed by atoms with Crippen LogP contribution in [0.4, 0.5) is 0 Å². The number of quaternary nitrogens is 1. The topological polar surface area (TPSA) is 38.8 Å². The Bertz CT molecular complexity index is 1000. The van der Waals surface area contributed by atoms with Crippen LogP contribution in [0.5, 0.6) is 0 Å². The molecule has 4 nitrogen and oxygen atoms in total. The van der Waals surface area contributed by atoms with Gasteiger partial charge in [0.1, 0.15) is 23.9 Å². The number of aromatic nitrogens is 2. The zero-order chi connectivity index (χ0) is 17.0. The molecule has 1 unspecified atom stereocenters. The Morgan fingerprint density at radius 1 is 1.32 bits per heavy atom. The van der Waals surface area contributed by atoms with Crippen LogP contribution in [0.3, 0.4) is 0 Å². The molecule has 0 saturated heterocycles. The van der Waals surface area contributed by atoms with Crippen molar-refractivity contribution in [1.29, 1.82) is 0 Å². The van der Waals surface area contributed by atoms with E-state index >= 15 is 0 Å². The monoisotopic (exact) mass is 352 g/mol. The van der Waals surface area contributed by atoms with Crippen LogP contribution in [0.15, 0.2) is 40.6 Å². The number of rotatable bonds is 3. The molecule has 2 aliphatic rings. The lowest BCUT2D eigenvalue weighted by Crippen LogP contribution is -3.12. The Kier molecular flexibility index (Phi) is 3.54. The van der Waals surface area contributed by atoms with Crippen molar-refractivity contribution in [3.8, 4) is 0 Å². The Hall–Kier alpha value is -1.98. The quantitative estimate of drug-likeness (QED) is 0.785. The standard InChI is InChI=1S/C20H21N3OS/c1-13-2-5-18-21-15(10-19(24)23(18)11-13)12-22-8-6-17-16(7-9-25-17)20(22)14-3-4-14/h2,5,7,9-11,14,20H,3-4,6,8,12H2,1H3/p+1/t20-/m0/s1. The maximum absolute atomic E-state index is 12.5. The molecule has 1 N–H and O–H groups in total. The van der Waals surface area contributed by atoms with Crippen molar-refractivity contribution >= 4 is 17.0 Å². The second-order valence-electron chi connectivity index (χ2n) is 7.47. The fourth-order valence-corrected chi connectivity index (χ4v) is 5.21. The Labute approximate surface area is 150 Å². The first kappa shape index (κ1) is 15.3. The maximum Gasteiger partial charge on any atom is 0.258 e. The van der Waals surface area contributed by atoms with Crippen molar-refractivity contribution in [2.24, 2.45) is 5.92 Å². The number of fused-ring (bicyclic) bond motifs is 2. The van der Waals surface area contributed by atoms with Gasteiger partial charge in [-0.1, -0.05) is 6.07 Å². The van der Waals surface area contributed by atoms with E-state index in [4.69, 9.17) is 4.98 Å². The highest BCUT2D eigenvalue weighted by atomic mass is 32.1. The van der Waals surface area contributed by atoms with Crippen LogP contribution >= 0.6 is 11.3 Å². The van der Waals surface area contributed by atoms with Gasteiger partial charge in [0, 0.05) is 35.0 Å². The number of nitrogens with zero attached hydrogens (tertiary/aromatic N) is 2. The molecule has 1 aliphatic heterocycles. The number of aryl methyl sites for hydroxylation is 1. The summed E-state index contributed by atoms with van der Waals surface area (Å²) in [6, 6.07) is 8.61. The summed E-state index contributed by atoms with van der Waals surface area (Å²) in [6.07, 6.45) is 5.71. The fourth-order valence-electron chi connectivity index (χ4n) is 4.28. The Balaban J connectivity index is 1.50. The second kappa shape index (κ2) is 5.78. The first-order valence-electron chi connectivity index (χ1n) is 9.09. The van der Waals surface area contributed by atoms with Gasteiger partial charge < -0.3 is 4.90 Å². The van der Waals surface area contributed by atoms with Gasteiger partial charge in [0.25, 0.3) is 5.56 Å². The maximum atomic E-state index is 12.5. The summed E-state index contributed by atoms with van der Waals surface area (Å²) >= 11 is 1.91. The zero-order valence-corrected chi connectivity index (χ0v) is 15.2. The molecule has 4 heterocycles. The second-order valence-corrected chi connectivity index (χ2v) is 8.47. The molecule has 1 fully saturated rings. The van der Waals surface area contributed by atoms with E-state index < -0.39 is 0 Å². The summed E-state index contributed by atoms with van der Waals surface area (Å²) in [5.41, 5.74) is 4.34. The third-order valence-electron chi connectivity index (χ3n) is 5.59. The molecule has 2 atom stereocenters. The van der Waals surface area contributed by atoms with Gasteiger partial charge >= 0.3 is 0 Å². The molecule has 3 aromatic rings. The molecule has 0 bridgehead atoms. The molecular weight excluding hydrogens is 330 g/mol. The normalized spacial score (nSPS) is 22.9. The molecule has 25 heavy (non-hydrogen) atoms. The molecule has 5 rings (SSSR count). The van der Waals surface area contributed by atoms with Crippen LogP contribution in [0.25, 0.3) is 5.65 Å². The van der Waals surface area contributed by atoms with Gasteiger partial charge in [-0.05, 0) is 42.8 Å². The van der Waals surface area contributed by atoms with Crippen LogP contribution in [0, 0.1) is 12.8 Å². The summed E-state index contributed by atoms with van der Waals surface area (Å²) in [4.78, 5) is 20.4. The Morgan fingerprint density at radius 2 is 2.20 bits per heavy atom. The van der Waals surface area contributed by atoms with Crippen molar-refractivity contribution in [3.63, 3.8) is 0 Å². The highest BCUT2D eigenvalue weighted by molar-refractivity contribution is 7.10. The largest absolute Gasteiger partial charge is 0.323 e. The molecular formula is C20H22N3OS+. The SMILES string of the molecule is Cc1ccc2nc(C[NH+]3CCc4sccc4[C@@H]3C3CC3)cc(=O)n2c1. The van der Waals surface area contributed by atoms with Gasteiger partial charge in [-0.2, -0.15) is 0 Å². The fraction of sp³-hybridized carbons (Fsp3) is 0.400. The molecule has 0 spiro atoms. The van der Waals surface area contributed by atoms with Crippen LogP contribution < -0.4 is 10.5 Å². The van der Waals surface area contributed by atoms with Crippen molar-refractivity contribution in [2.75, 3.05) is 6.54 Å². The average molecular weight is 352 g/mol. The molecule has 128 valence electrons. The highest BCUT2D eigenvalue weighted by Crippen LogP contribution is 2.42. The number of pyridine rings is 1. The molecule has 1 aliphatic carbocycles. The highest BCUT2D eigenvalue weighted by Gasteiger charge is 2.43. The van der Waals surface area contributed by atoms with Gasteiger partial charge in [-0.3, -0.25) is 9.20 Å². The van der Waals surface area contributed by atoms with E-state index in [2.05, 4.69) is 11.4 Å². The van der Waals surface area contributed by atoms with E-state index in [-0.39, 0.29) is 5.56 Å². The molecule has 3 aromatic heterocycles. The summed E-state index contributed by atoms with van der Waals surface area (Å²) in [5.74, 6) is 0.813. The van der Waals surface area contributed by atoms with E-state index in [1.165, 1.54) is 12.8 Å². The van der Waals surface area contributed by atoms with Gasteiger partial charge in [-0.25, -0.2) is 4.98 Å². The molecule has 0 radical (unpaired) electrons. The number of hydrogen-bond donors (Lipinski definition) is 1. The molecule has 1 saturated carbocycles. The zero-order valence-electron chi connectivity index (χ0n) is 14.4. The molecule has 0 aromatic carbocycles. The van der Waals surface area contributed by atoms with E-state index in [0.29, 0.717) is 6.04 Å². The van der Waals surface area contributed by atoms with E-state index in [9.17, 15) is 4.79 Å². The molecule has 0 amide bonds. The minimum absolute atomic E-state index is 0.0271. The van der Waals surface area contributed by atoms with Crippen LogP contribution in [0.2, 0.25) is 0 Å². The predicted octanol–water partition coefficient (Wildman–Crippen LogP) is 2.16. The van der Waals surface area contributed by atoms with Gasteiger partial charge in [0.2, 0.25) is 0 Å². The smallest absolute Gasteiger partial charge is 0.258 e. The minimum atomic E-state index is 0.0271. The lowest BCUT2D eigenvalue weighted by Gasteiger charge is -2.32. The van der Waals surface area contributed by atoms with Crippen LogP contribution in [-0.2, 0) is 13.0 Å². The number of nitrogens with one attached hydrogen (secondary N) is 1. The average Bonchev–Trinajstić information content (AvgIpc) is 3.32. The van der Waals surface area contributed by atoms with E-state index in [0.717, 1.165) is 42.3 Å². The first-order valence-corrected chi connectivity index (χ1v) is 9.97. The predicted molar refractivity (Wildman–Crippen MR) is 99.2 cm³/mol. The third-order valence-corrected chi connectivity index (χ3v) is 6.59. The number of thiophene rings is 1. The van der Waals surface area contributed by atoms with E-state index in [1.807, 2.05) is 36.6 Å².